The van der Waals surface area contributed by atoms with E-state index in [0.717, 1.165) is 32.0 Å². The minimum Gasteiger partial charge on any atom is -0.304 e. The monoisotopic (exact) mass is 288 g/mol. The van der Waals surface area contributed by atoms with Gasteiger partial charge in [-0.1, -0.05) is 0 Å². The van der Waals surface area contributed by atoms with Crippen LogP contribution in [-0.2, 0) is 5.54 Å². The Morgan fingerprint density at radius 2 is 1.68 bits per heavy atom. The fourth-order valence-corrected chi connectivity index (χ4v) is 2.30. The molecule has 2 rings (SSSR count). The fraction of sp³-hybridized carbons (Fsp3) is 0.917. The smallest absolute Gasteiger partial charge is 0.168 e. The summed E-state index contributed by atoms with van der Waals surface area (Å²) in [5.74, 6) is 0.965. The minimum atomic E-state index is -0.0698. The Balaban J connectivity index is 0.00000180. The van der Waals surface area contributed by atoms with Gasteiger partial charge in [0.15, 0.2) is 5.82 Å². The summed E-state index contributed by atoms with van der Waals surface area (Å²) in [6.07, 6.45) is 0. The summed E-state index contributed by atoms with van der Waals surface area (Å²) in [6.45, 7) is 13.0. The van der Waals surface area contributed by atoms with Crippen molar-refractivity contribution in [2.45, 2.75) is 39.3 Å². The molecule has 110 valence electrons. The van der Waals surface area contributed by atoms with E-state index in [0.29, 0.717) is 0 Å². The van der Waals surface area contributed by atoms with Crippen LogP contribution in [-0.4, -0.2) is 63.2 Å². The largest absolute Gasteiger partial charge is 0.304 e. The summed E-state index contributed by atoms with van der Waals surface area (Å²) in [6, 6.07) is 0.271. The van der Waals surface area contributed by atoms with Crippen molar-refractivity contribution in [1.82, 2.24) is 30.0 Å². The SMILES string of the molecule is CC(c1nnnn1C(C)(C)C)N1CCN(C)CC1.Cl. The Kier molecular flexibility index (Phi) is 5.29. The molecular formula is C12H25ClN6. The number of likely N-dealkylation sites (N-methyl/N-ethyl adjacent to an activating group) is 1. The number of hydrogen-bond acceptors (Lipinski definition) is 5. The number of hydrogen-bond donors (Lipinski definition) is 0. The first-order chi connectivity index (χ1) is 8.39. The highest BCUT2D eigenvalue weighted by Gasteiger charge is 2.28. The predicted molar refractivity (Wildman–Crippen MR) is 77.5 cm³/mol. The number of rotatable bonds is 2. The van der Waals surface area contributed by atoms with E-state index >= 15 is 0 Å². The van der Waals surface area contributed by atoms with Crippen molar-refractivity contribution in [1.29, 1.82) is 0 Å². The molecule has 2 heterocycles. The summed E-state index contributed by atoms with van der Waals surface area (Å²) >= 11 is 0. The maximum atomic E-state index is 4.22. The van der Waals surface area contributed by atoms with Crippen LogP contribution in [0.25, 0.3) is 0 Å². The summed E-state index contributed by atoms with van der Waals surface area (Å²) in [7, 11) is 2.17. The van der Waals surface area contributed by atoms with Crippen LogP contribution in [0, 0.1) is 0 Å². The van der Waals surface area contributed by atoms with Crippen molar-refractivity contribution in [2.75, 3.05) is 33.2 Å². The van der Waals surface area contributed by atoms with E-state index in [-0.39, 0.29) is 24.0 Å². The molecule has 0 aromatic carbocycles. The van der Waals surface area contributed by atoms with Crippen LogP contribution in [0.15, 0.2) is 0 Å². The third-order valence-electron chi connectivity index (χ3n) is 3.59. The van der Waals surface area contributed by atoms with Gasteiger partial charge in [0.05, 0.1) is 11.6 Å². The number of piperazine rings is 1. The first-order valence-corrected chi connectivity index (χ1v) is 6.61. The standard InChI is InChI=1S/C12H24N6.ClH/c1-10(17-8-6-16(5)7-9-17)11-13-14-15-18(11)12(2,3)4;/h10H,6-9H2,1-5H3;1H. The van der Waals surface area contributed by atoms with E-state index < -0.39 is 0 Å². The Labute approximate surface area is 121 Å². The third kappa shape index (κ3) is 3.64. The zero-order valence-electron chi connectivity index (χ0n) is 12.5. The lowest BCUT2D eigenvalue weighted by atomic mass is 10.1. The first-order valence-electron chi connectivity index (χ1n) is 6.61. The lowest BCUT2D eigenvalue weighted by Crippen LogP contribution is -2.46. The van der Waals surface area contributed by atoms with Gasteiger partial charge in [-0.3, -0.25) is 4.90 Å². The van der Waals surface area contributed by atoms with Crippen molar-refractivity contribution >= 4 is 12.4 Å². The molecule has 0 saturated carbocycles. The molecular weight excluding hydrogens is 264 g/mol. The van der Waals surface area contributed by atoms with E-state index in [4.69, 9.17) is 0 Å². The zero-order chi connectivity index (χ0) is 13.3. The first kappa shape index (κ1) is 16.3. The Morgan fingerprint density at radius 1 is 1.11 bits per heavy atom. The number of nitrogens with zero attached hydrogens (tertiary/aromatic N) is 6. The molecule has 19 heavy (non-hydrogen) atoms. The van der Waals surface area contributed by atoms with E-state index in [1.807, 2.05) is 4.68 Å². The molecule has 0 N–H and O–H groups in total. The summed E-state index contributed by atoms with van der Waals surface area (Å²) in [5.41, 5.74) is -0.0698. The Morgan fingerprint density at radius 3 is 2.21 bits per heavy atom. The van der Waals surface area contributed by atoms with Crippen LogP contribution in [0.3, 0.4) is 0 Å². The van der Waals surface area contributed by atoms with Crippen molar-refractivity contribution < 1.29 is 0 Å². The highest BCUT2D eigenvalue weighted by atomic mass is 35.5. The van der Waals surface area contributed by atoms with Crippen LogP contribution in [0.5, 0.6) is 0 Å². The molecule has 1 unspecified atom stereocenters. The minimum absolute atomic E-state index is 0. The van der Waals surface area contributed by atoms with Gasteiger partial charge >= 0.3 is 0 Å². The number of tetrazole rings is 1. The Hall–Kier alpha value is -0.720. The summed E-state index contributed by atoms with van der Waals surface area (Å²) in [5, 5.41) is 12.2. The molecule has 1 aliphatic heterocycles. The molecule has 7 heteroatoms. The van der Waals surface area contributed by atoms with E-state index in [2.05, 4.69) is 60.1 Å². The van der Waals surface area contributed by atoms with Gasteiger partial charge in [0.1, 0.15) is 0 Å². The molecule has 6 nitrogen and oxygen atoms in total. The van der Waals surface area contributed by atoms with Gasteiger partial charge in [-0.25, -0.2) is 4.68 Å². The van der Waals surface area contributed by atoms with Crippen molar-refractivity contribution in [3.63, 3.8) is 0 Å². The van der Waals surface area contributed by atoms with E-state index in [1.165, 1.54) is 0 Å². The topological polar surface area (TPSA) is 50.1 Å². The molecule has 1 saturated heterocycles. The second kappa shape index (κ2) is 6.15. The average molecular weight is 289 g/mol. The molecule has 1 aromatic rings. The molecule has 0 amide bonds. The molecule has 1 aliphatic rings. The van der Waals surface area contributed by atoms with Crippen LogP contribution in [0.1, 0.15) is 39.6 Å². The molecule has 0 aliphatic carbocycles. The molecule has 1 atom stereocenters. The van der Waals surface area contributed by atoms with Gasteiger partial charge in [0, 0.05) is 26.2 Å². The highest BCUT2D eigenvalue weighted by Crippen LogP contribution is 2.23. The maximum Gasteiger partial charge on any atom is 0.168 e. The lowest BCUT2D eigenvalue weighted by Gasteiger charge is -2.36. The Bertz CT molecular complexity index is 391. The van der Waals surface area contributed by atoms with Gasteiger partial charge in [-0.2, -0.15) is 0 Å². The quantitative estimate of drug-likeness (QED) is 0.817. The van der Waals surface area contributed by atoms with E-state index in [9.17, 15) is 0 Å². The molecule has 0 bridgehead atoms. The van der Waals surface area contributed by atoms with Gasteiger partial charge < -0.3 is 4.90 Å². The van der Waals surface area contributed by atoms with Crippen LogP contribution in [0.2, 0.25) is 0 Å². The van der Waals surface area contributed by atoms with Crippen LogP contribution < -0.4 is 0 Å². The second-order valence-electron chi connectivity index (χ2n) is 6.13. The second-order valence-corrected chi connectivity index (χ2v) is 6.13. The summed E-state index contributed by atoms with van der Waals surface area (Å²) in [4.78, 5) is 4.81. The van der Waals surface area contributed by atoms with Crippen LogP contribution in [0.4, 0.5) is 0 Å². The van der Waals surface area contributed by atoms with Gasteiger partial charge in [0.25, 0.3) is 0 Å². The normalized spacial score (nSPS) is 20.1. The third-order valence-corrected chi connectivity index (χ3v) is 3.59. The van der Waals surface area contributed by atoms with Gasteiger partial charge in [-0.05, 0) is 45.2 Å². The van der Waals surface area contributed by atoms with Gasteiger partial charge in [-0.15, -0.1) is 17.5 Å². The zero-order valence-corrected chi connectivity index (χ0v) is 13.3. The van der Waals surface area contributed by atoms with Gasteiger partial charge in [0.2, 0.25) is 0 Å². The number of halogens is 1. The number of aromatic nitrogens is 4. The fourth-order valence-electron chi connectivity index (χ4n) is 2.30. The van der Waals surface area contributed by atoms with Crippen molar-refractivity contribution in [3.05, 3.63) is 5.82 Å². The molecule has 0 radical (unpaired) electrons. The molecule has 1 fully saturated rings. The maximum absolute atomic E-state index is 4.22. The molecule has 0 spiro atoms. The van der Waals surface area contributed by atoms with Crippen LogP contribution >= 0.6 is 12.4 Å². The highest BCUT2D eigenvalue weighted by molar-refractivity contribution is 5.85. The predicted octanol–water partition coefficient (Wildman–Crippen LogP) is 1.16. The average Bonchev–Trinajstić information content (AvgIpc) is 2.77. The van der Waals surface area contributed by atoms with E-state index in [1.54, 1.807) is 0 Å². The summed E-state index contributed by atoms with van der Waals surface area (Å²) < 4.78 is 1.94. The lowest BCUT2D eigenvalue weighted by molar-refractivity contribution is 0.110. The van der Waals surface area contributed by atoms with Crippen molar-refractivity contribution in [3.8, 4) is 0 Å². The van der Waals surface area contributed by atoms with Crippen molar-refractivity contribution in [2.24, 2.45) is 0 Å². The molecule has 1 aromatic heterocycles.